The normalized spacial score (nSPS) is 11.0. The number of unbranched alkanes of at least 4 members (excludes halogenated alkanes) is 11. The molecule has 0 amide bonds. The van der Waals surface area contributed by atoms with E-state index >= 15 is 0 Å². The van der Waals surface area contributed by atoms with Crippen LogP contribution in [0.15, 0.2) is 121 Å². The Bertz CT molecular complexity index is 2320. The third-order valence-electron chi connectivity index (χ3n) is 10.6. The fourth-order valence-electron chi connectivity index (χ4n) is 6.81. The summed E-state index contributed by atoms with van der Waals surface area (Å²) >= 11 is 1.56. The Hall–Kier alpha value is -6.55. The Morgan fingerprint density at radius 2 is 1.22 bits per heavy atom. The van der Waals surface area contributed by atoms with E-state index in [1.807, 2.05) is 53.5 Å². The molecule has 4 aromatic carbocycles. The van der Waals surface area contributed by atoms with Gasteiger partial charge in [0.2, 0.25) is 5.13 Å². The summed E-state index contributed by atoms with van der Waals surface area (Å²) in [6, 6.07) is 27.4. The number of rotatable bonds is 35. The van der Waals surface area contributed by atoms with Gasteiger partial charge in [0.15, 0.2) is 5.75 Å². The van der Waals surface area contributed by atoms with Gasteiger partial charge in [-0.1, -0.05) is 74.4 Å². The Balaban J connectivity index is 1.21. The van der Waals surface area contributed by atoms with E-state index in [-0.39, 0.29) is 19.0 Å². The minimum atomic E-state index is -0.544. The molecule has 0 aliphatic rings. The van der Waals surface area contributed by atoms with E-state index in [0.29, 0.717) is 55.6 Å². The fraction of sp³-hybridized carbons (Fsp3) is 0.389. The molecule has 15 heteroatoms. The first-order valence-corrected chi connectivity index (χ1v) is 24.6. The summed E-state index contributed by atoms with van der Waals surface area (Å²) < 4.78 is 28.7. The van der Waals surface area contributed by atoms with Crippen LogP contribution in [0.1, 0.15) is 111 Å². The third-order valence-corrected chi connectivity index (χ3v) is 11.7. The monoisotopic (exact) mass is 963 g/mol. The van der Waals surface area contributed by atoms with E-state index in [2.05, 4.69) is 13.2 Å². The van der Waals surface area contributed by atoms with Gasteiger partial charge >= 0.3 is 17.9 Å². The Kier molecular flexibility index (Phi) is 24.4. The van der Waals surface area contributed by atoms with Crippen molar-refractivity contribution in [3.05, 3.63) is 133 Å². The van der Waals surface area contributed by atoms with Gasteiger partial charge in [0.05, 0.1) is 48.4 Å². The summed E-state index contributed by atoms with van der Waals surface area (Å²) in [6.45, 7) is 9.65. The van der Waals surface area contributed by atoms with Crippen molar-refractivity contribution in [2.24, 2.45) is 5.10 Å². The van der Waals surface area contributed by atoms with E-state index in [9.17, 15) is 14.4 Å². The van der Waals surface area contributed by atoms with Crippen LogP contribution in [-0.2, 0) is 30.6 Å². The number of thiazole rings is 1. The second-order valence-electron chi connectivity index (χ2n) is 16.0. The standard InChI is InChI=1S/C54H65N3O11S/c1-3-51(59)64-37-19-11-9-17-35-62-45-27-23-42(24-28-45)41-66-68-49-32-31-47(67-53(61)43-25-29-46(30-26-43)63-36-18-10-12-20-38-65-52(60)4-2)39-44(49)40-55-57(33-15-7-5-6-8-16-34-58)54-56-48-21-13-14-22-50(48)69-54/h3-4,13-14,21-32,39-40,58H,1-2,5-12,15-20,33-38,41H2/b55-40+. The maximum absolute atomic E-state index is 13.4. The van der Waals surface area contributed by atoms with E-state index in [1.165, 1.54) is 6.08 Å². The number of benzene rings is 4. The molecule has 0 saturated heterocycles. The van der Waals surface area contributed by atoms with Crippen molar-refractivity contribution in [2.45, 2.75) is 96.5 Å². The first-order chi connectivity index (χ1) is 33.8. The van der Waals surface area contributed by atoms with Crippen molar-refractivity contribution < 1.29 is 52.9 Å². The van der Waals surface area contributed by atoms with E-state index in [1.54, 1.807) is 60.0 Å². The van der Waals surface area contributed by atoms with E-state index in [4.69, 9.17) is 48.7 Å². The number of hydrogen-bond acceptors (Lipinski definition) is 15. The predicted octanol–water partition coefficient (Wildman–Crippen LogP) is 11.5. The van der Waals surface area contributed by atoms with Crippen LogP contribution in [0.5, 0.6) is 23.0 Å². The molecule has 0 bridgehead atoms. The van der Waals surface area contributed by atoms with Gasteiger partial charge in [-0.15, -0.1) is 0 Å². The van der Waals surface area contributed by atoms with Crippen LogP contribution in [0.3, 0.4) is 0 Å². The van der Waals surface area contributed by atoms with Gasteiger partial charge in [0, 0.05) is 30.9 Å². The van der Waals surface area contributed by atoms with E-state index in [0.717, 1.165) is 123 Å². The summed E-state index contributed by atoms with van der Waals surface area (Å²) in [5.41, 5.74) is 2.62. The Morgan fingerprint density at radius 3 is 1.84 bits per heavy atom. The van der Waals surface area contributed by atoms with Crippen LogP contribution < -0.4 is 24.1 Å². The highest BCUT2D eigenvalue weighted by Crippen LogP contribution is 2.30. The van der Waals surface area contributed by atoms with Crippen molar-refractivity contribution in [3.8, 4) is 23.0 Å². The molecule has 1 aromatic heterocycles. The predicted molar refractivity (Wildman–Crippen MR) is 269 cm³/mol. The molecule has 0 aliphatic carbocycles. The van der Waals surface area contributed by atoms with Gasteiger partial charge < -0.3 is 33.7 Å². The largest absolute Gasteiger partial charge is 0.494 e. The molecule has 0 saturated carbocycles. The maximum Gasteiger partial charge on any atom is 0.343 e. The van der Waals surface area contributed by atoms with Crippen molar-refractivity contribution >= 4 is 50.8 Å². The van der Waals surface area contributed by atoms with Crippen LogP contribution in [0, 0.1) is 0 Å². The molecule has 0 fully saturated rings. The smallest absolute Gasteiger partial charge is 0.343 e. The number of aliphatic hydroxyl groups excluding tert-OH is 1. The molecule has 0 radical (unpaired) electrons. The number of hydrazone groups is 1. The second kappa shape index (κ2) is 31.5. The zero-order chi connectivity index (χ0) is 48.7. The quantitative estimate of drug-likeness (QED) is 0.00776. The molecule has 368 valence electrons. The summed E-state index contributed by atoms with van der Waals surface area (Å²) in [7, 11) is 0. The summed E-state index contributed by atoms with van der Waals surface area (Å²) in [5, 5.41) is 16.7. The molecule has 0 atom stereocenters. The van der Waals surface area contributed by atoms with Gasteiger partial charge in [-0.25, -0.2) is 24.4 Å². The lowest BCUT2D eigenvalue weighted by Crippen LogP contribution is -2.18. The number of nitrogens with zero attached hydrogens (tertiary/aromatic N) is 3. The SMILES string of the molecule is C=CC(=O)OCCCCCCOc1ccc(COOc2ccc(OC(=O)c3ccc(OCCCCCCOC(=O)C=C)cc3)cc2/C=N/N(CCCCCCCCO)c2nc3ccccc3s2)cc1. The molecule has 0 spiro atoms. The molecule has 69 heavy (non-hydrogen) atoms. The molecular formula is C54H65N3O11S. The molecule has 0 unspecified atom stereocenters. The second-order valence-corrected chi connectivity index (χ2v) is 17.1. The number of carbonyl (C=O) groups is 3. The highest BCUT2D eigenvalue weighted by atomic mass is 32.1. The minimum absolute atomic E-state index is 0.148. The van der Waals surface area contributed by atoms with E-state index < -0.39 is 17.9 Å². The number of aliphatic hydroxyl groups is 1. The van der Waals surface area contributed by atoms with Crippen molar-refractivity contribution in [1.29, 1.82) is 0 Å². The number of hydrogen-bond donors (Lipinski definition) is 1. The van der Waals surface area contributed by atoms with Gasteiger partial charge in [0.1, 0.15) is 23.9 Å². The fourth-order valence-corrected chi connectivity index (χ4v) is 7.76. The number of para-hydroxylation sites is 1. The summed E-state index contributed by atoms with van der Waals surface area (Å²) in [6.07, 6.45) is 16.9. The van der Waals surface area contributed by atoms with Gasteiger partial charge in [-0.05, 0) is 137 Å². The highest BCUT2D eigenvalue weighted by Gasteiger charge is 2.15. The molecule has 1 N–H and O–H groups in total. The topological polar surface area (TPSA) is 165 Å². The van der Waals surface area contributed by atoms with Gasteiger partial charge in [-0.3, -0.25) is 0 Å². The third kappa shape index (κ3) is 20.3. The first kappa shape index (κ1) is 53.4. The summed E-state index contributed by atoms with van der Waals surface area (Å²) in [4.78, 5) is 52.3. The van der Waals surface area contributed by atoms with Crippen molar-refractivity contribution in [1.82, 2.24) is 4.98 Å². The zero-order valence-corrected chi connectivity index (χ0v) is 40.3. The number of aromatic nitrogens is 1. The van der Waals surface area contributed by atoms with Crippen LogP contribution in [0.25, 0.3) is 10.2 Å². The lowest BCUT2D eigenvalue weighted by Gasteiger charge is -2.16. The van der Waals surface area contributed by atoms with Crippen molar-refractivity contribution in [3.63, 3.8) is 0 Å². The van der Waals surface area contributed by atoms with Crippen LogP contribution >= 0.6 is 11.3 Å². The minimum Gasteiger partial charge on any atom is -0.494 e. The van der Waals surface area contributed by atoms with Gasteiger partial charge in [-0.2, -0.15) is 9.99 Å². The average Bonchev–Trinajstić information content (AvgIpc) is 3.81. The molecule has 5 aromatic rings. The average molecular weight is 964 g/mol. The van der Waals surface area contributed by atoms with Crippen LogP contribution in [-0.4, -0.2) is 73.8 Å². The number of anilines is 1. The lowest BCUT2D eigenvalue weighted by atomic mass is 10.1. The lowest BCUT2D eigenvalue weighted by molar-refractivity contribution is -0.217. The zero-order valence-electron chi connectivity index (χ0n) is 39.4. The Morgan fingerprint density at radius 1 is 0.652 bits per heavy atom. The van der Waals surface area contributed by atoms with Crippen LogP contribution in [0.4, 0.5) is 5.13 Å². The molecule has 0 aliphatic heterocycles. The molecule has 5 rings (SSSR count). The van der Waals surface area contributed by atoms with Gasteiger partial charge in [0.25, 0.3) is 0 Å². The number of ether oxygens (including phenoxy) is 5. The molecule has 1 heterocycles. The van der Waals surface area contributed by atoms with Crippen LogP contribution in [0.2, 0.25) is 0 Å². The maximum atomic E-state index is 13.4. The molecular weight excluding hydrogens is 899 g/mol. The highest BCUT2D eigenvalue weighted by molar-refractivity contribution is 7.22. The first-order valence-electron chi connectivity index (χ1n) is 23.8. The number of esters is 3. The van der Waals surface area contributed by atoms with Crippen molar-refractivity contribution in [2.75, 3.05) is 44.6 Å². The number of fused-ring (bicyclic) bond motifs is 1. The number of carbonyl (C=O) groups excluding carboxylic acids is 3. The Labute approximate surface area is 409 Å². The molecule has 14 nitrogen and oxygen atoms in total. The summed E-state index contributed by atoms with van der Waals surface area (Å²) in [5.74, 6) is 0.684.